The number of hydrogen-bond donors (Lipinski definition) is 4. The van der Waals surface area contributed by atoms with Crippen LogP contribution in [0.1, 0.15) is 24.2 Å². The Bertz CT molecular complexity index is 1210. The van der Waals surface area contributed by atoms with Crippen LogP contribution < -0.4 is 16.0 Å². The molecule has 13 heteroatoms. The molecule has 2 rings (SSSR count). The lowest BCUT2D eigenvalue weighted by molar-refractivity contribution is -0.127. The van der Waals surface area contributed by atoms with Crippen LogP contribution >= 0.6 is 23.5 Å². The number of hydrogen-bond acceptors (Lipinski definition) is 8. The second-order valence-electron chi connectivity index (χ2n) is 7.71. The molecule has 3 amide bonds. The number of phenolic OH excluding ortho intramolecular Hbond substituents is 1. The number of amides is 3. The fourth-order valence-electron chi connectivity index (χ4n) is 3.11. The van der Waals surface area contributed by atoms with E-state index in [4.69, 9.17) is 0 Å². The van der Waals surface area contributed by atoms with E-state index in [1.54, 1.807) is 0 Å². The van der Waals surface area contributed by atoms with Gasteiger partial charge in [0.15, 0.2) is 0 Å². The number of carbonyl (C=O) groups is 5. The van der Waals surface area contributed by atoms with E-state index in [1.165, 1.54) is 45.2 Å². The third-order valence-corrected chi connectivity index (χ3v) is 6.89. The van der Waals surface area contributed by atoms with Gasteiger partial charge in [-0.1, -0.05) is 29.6 Å². The largest absolute Gasteiger partial charge is 0.507 e. The van der Waals surface area contributed by atoms with Crippen molar-refractivity contribution in [3.63, 3.8) is 0 Å². The second-order valence-corrected chi connectivity index (χ2v) is 9.72. The fraction of sp³-hybridized carbons (Fsp3) is 0.292. The van der Waals surface area contributed by atoms with Crippen molar-refractivity contribution in [2.24, 2.45) is 0 Å². The summed E-state index contributed by atoms with van der Waals surface area (Å²) in [5, 5.41) is 16.2. The molecule has 9 nitrogen and oxygen atoms in total. The van der Waals surface area contributed by atoms with Crippen LogP contribution in [0.5, 0.6) is 5.75 Å². The molecular weight excluding hydrogens is 528 g/mol. The predicted molar refractivity (Wildman–Crippen MR) is 137 cm³/mol. The lowest BCUT2D eigenvalue weighted by Gasteiger charge is -2.19. The third kappa shape index (κ3) is 8.86. The van der Waals surface area contributed by atoms with Crippen LogP contribution in [0.15, 0.2) is 36.4 Å². The topological polar surface area (TPSA) is 142 Å². The molecule has 0 saturated carbocycles. The van der Waals surface area contributed by atoms with Crippen LogP contribution in [0.2, 0.25) is 0 Å². The Hall–Kier alpha value is -3.45. The molecule has 198 valence electrons. The Kier molecular flexibility index (Phi) is 11.1. The molecule has 0 aliphatic rings. The van der Waals surface area contributed by atoms with Crippen LogP contribution in [0, 0.1) is 11.6 Å². The molecule has 2 atom stereocenters. The summed E-state index contributed by atoms with van der Waals surface area (Å²) in [4.78, 5) is 60.5. The van der Waals surface area contributed by atoms with Crippen molar-refractivity contribution in [1.29, 1.82) is 0 Å². The summed E-state index contributed by atoms with van der Waals surface area (Å²) in [6.45, 7) is 2.41. The SMILES string of the molecule is CNC(=O)[C@@H](CSC(=O)[C@@H](CSC(=O)c1cc(-c2ccc(F)cc2F)ccc1O)NC(C)=O)NC(C)=O. The van der Waals surface area contributed by atoms with Crippen LogP contribution in [0.25, 0.3) is 11.1 Å². The Balaban J connectivity index is 2.14. The zero-order valence-electron chi connectivity index (χ0n) is 20.1. The van der Waals surface area contributed by atoms with Gasteiger partial charge in [0.05, 0.1) is 5.56 Å². The highest BCUT2D eigenvalue weighted by atomic mass is 32.2. The standard InChI is InChI=1S/C24H25F2N3O6S2/c1-12(30)28-19(22(33)27-3)10-37-24(35)20(29-13(2)31)11-36-23(34)17-8-14(4-7-21(17)32)16-6-5-15(25)9-18(16)26/h4-9,19-20,32H,10-11H2,1-3H3,(H,27,33)(H,28,30)(H,29,31)/t19-,20-/m1/s1. The van der Waals surface area contributed by atoms with E-state index in [1.807, 2.05) is 0 Å². The van der Waals surface area contributed by atoms with Crippen molar-refractivity contribution in [3.05, 3.63) is 53.6 Å². The first kappa shape index (κ1) is 29.8. The van der Waals surface area contributed by atoms with Gasteiger partial charge in [-0.25, -0.2) is 8.78 Å². The summed E-state index contributed by atoms with van der Waals surface area (Å²) in [7, 11) is 1.38. The zero-order chi connectivity index (χ0) is 27.7. The summed E-state index contributed by atoms with van der Waals surface area (Å²) in [6.07, 6.45) is 0. The molecule has 0 heterocycles. The quantitative estimate of drug-likeness (QED) is 0.351. The fourth-order valence-corrected chi connectivity index (χ4v) is 5.00. The van der Waals surface area contributed by atoms with Crippen molar-refractivity contribution < 1.29 is 37.9 Å². The van der Waals surface area contributed by atoms with Gasteiger partial charge in [-0.15, -0.1) is 0 Å². The molecule has 4 N–H and O–H groups in total. The lowest BCUT2D eigenvalue weighted by Crippen LogP contribution is -2.47. The minimum absolute atomic E-state index is 0.0213. The van der Waals surface area contributed by atoms with Crippen molar-refractivity contribution in [2.75, 3.05) is 18.6 Å². The van der Waals surface area contributed by atoms with E-state index in [2.05, 4.69) is 16.0 Å². The third-order valence-electron chi connectivity index (χ3n) is 4.83. The van der Waals surface area contributed by atoms with E-state index in [0.717, 1.165) is 6.07 Å². The first-order chi connectivity index (χ1) is 17.4. The molecule has 37 heavy (non-hydrogen) atoms. The van der Waals surface area contributed by atoms with Crippen LogP contribution in [-0.2, 0) is 19.2 Å². The predicted octanol–water partition coefficient (Wildman–Crippen LogP) is 2.23. The monoisotopic (exact) mass is 553 g/mol. The van der Waals surface area contributed by atoms with Crippen molar-refractivity contribution in [2.45, 2.75) is 25.9 Å². The first-order valence-corrected chi connectivity index (χ1v) is 12.8. The highest BCUT2D eigenvalue weighted by Crippen LogP contribution is 2.31. The minimum atomic E-state index is -1.13. The number of rotatable bonds is 10. The van der Waals surface area contributed by atoms with Crippen LogP contribution in [-0.4, -0.2) is 63.7 Å². The lowest BCUT2D eigenvalue weighted by atomic mass is 10.0. The number of benzene rings is 2. The van der Waals surface area contributed by atoms with Crippen molar-refractivity contribution in [1.82, 2.24) is 16.0 Å². The second kappa shape index (κ2) is 13.7. The number of halogens is 2. The Morgan fingerprint density at radius 1 is 0.892 bits per heavy atom. The van der Waals surface area contributed by atoms with Gasteiger partial charge in [0.25, 0.3) is 0 Å². The van der Waals surface area contributed by atoms with Crippen LogP contribution in [0.4, 0.5) is 8.78 Å². The molecule has 0 spiro atoms. The van der Waals surface area contributed by atoms with Gasteiger partial charge < -0.3 is 21.1 Å². The summed E-state index contributed by atoms with van der Waals surface area (Å²) in [5.74, 6) is -3.83. The Morgan fingerprint density at radius 3 is 2.11 bits per heavy atom. The Labute approximate surface area is 220 Å². The maximum Gasteiger partial charge on any atom is 0.243 e. The highest BCUT2D eigenvalue weighted by Gasteiger charge is 2.26. The highest BCUT2D eigenvalue weighted by molar-refractivity contribution is 8.15. The summed E-state index contributed by atoms with van der Waals surface area (Å²) < 4.78 is 27.4. The molecular formula is C24H25F2N3O6S2. The maximum atomic E-state index is 14.2. The average molecular weight is 554 g/mol. The van der Waals surface area contributed by atoms with Gasteiger partial charge in [0.1, 0.15) is 29.5 Å². The average Bonchev–Trinajstić information content (AvgIpc) is 2.83. The number of likely N-dealkylation sites (N-methyl/N-ethyl adjacent to an activating group) is 1. The number of phenols is 1. The number of aromatic hydroxyl groups is 1. The van der Waals surface area contributed by atoms with Gasteiger partial charge in [0.2, 0.25) is 28.0 Å². The van der Waals surface area contributed by atoms with Crippen molar-refractivity contribution in [3.8, 4) is 16.9 Å². The number of thioether (sulfide) groups is 2. The molecule has 0 fully saturated rings. The summed E-state index contributed by atoms with van der Waals surface area (Å²) >= 11 is 1.34. The molecule has 0 saturated heterocycles. The van der Waals surface area contributed by atoms with E-state index >= 15 is 0 Å². The maximum absolute atomic E-state index is 14.2. The summed E-state index contributed by atoms with van der Waals surface area (Å²) in [6, 6.07) is 4.64. The molecule has 0 aliphatic carbocycles. The Morgan fingerprint density at radius 2 is 1.51 bits per heavy atom. The summed E-state index contributed by atoms with van der Waals surface area (Å²) in [5.41, 5.74) is 0.0775. The van der Waals surface area contributed by atoms with Gasteiger partial charge in [-0.05, 0) is 29.8 Å². The molecule has 2 aromatic carbocycles. The number of nitrogens with one attached hydrogen (secondary N) is 3. The van der Waals surface area contributed by atoms with Crippen LogP contribution in [0.3, 0.4) is 0 Å². The molecule has 0 unspecified atom stereocenters. The minimum Gasteiger partial charge on any atom is -0.507 e. The number of carbonyl (C=O) groups excluding carboxylic acids is 5. The van der Waals surface area contributed by atoms with E-state index < -0.39 is 51.7 Å². The van der Waals surface area contributed by atoms with E-state index in [-0.39, 0.29) is 33.9 Å². The van der Waals surface area contributed by atoms with Gasteiger partial charge in [-0.2, -0.15) is 0 Å². The molecule has 2 aromatic rings. The smallest absolute Gasteiger partial charge is 0.243 e. The molecule has 0 radical (unpaired) electrons. The van der Waals surface area contributed by atoms with Crippen molar-refractivity contribution >= 4 is 51.5 Å². The van der Waals surface area contributed by atoms with E-state index in [0.29, 0.717) is 29.6 Å². The normalized spacial score (nSPS) is 12.2. The van der Waals surface area contributed by atoms with Gasteiger partial charge in [-0.3, -0.25) is 24.0 Å². The van der Waals surface area contributed by atoms with Gasteiger partial charge >= 0.3 is 0 Å². The molecule has 0 aliphatic heterocycles. The molecule has 0 aromatic heterocycles. The van der Waals surface area contributed by atoms with Gasteiger partial charge in [0, 0.05) is 44.0 Å². The molecule has 0 bridgehead atoms. The zero-order valence-corrected chi connectivity index (χ0v) is 21.7. The first-order valence-electron chi connectivity index (χ1n) is 10.8. The van der Waals surface area contributed by atoms with E-state index in [9.17, 15) is 37.9 Å².